The number of aliphatic hydroxyl groups excluding tert-OH is 9. The predicted octanol–water partition coefficient (Wildman–Crippen LogP) is 1.93. The number of phenolic OH excluding ortho intramolecular Hbond substituents is 3. The largest absolute Gasteiger partial charge is 0.508 e. The van der Waals surface area contributed by atoms with Crippen LogP contribution in [0.4, 0.5) is 24.5 Å². The third kappa shape index (κ3) is 22.2. The third-order valence-electron chi connectivity index (χ3n) is 23.3. The van der Waals surface area contributed by atoms with Gasteiger partial charge >= 0.3 is 6.18 Å². The van der Waals surface area contributed by atoms with Crippen LogP contribution in [0.1, 0.15) is 127 Å². The van der Waals surface area contributed by atoms with Crippen LogP contribution in [0.25, 0.3) is 11.1 Å². The number of carbonyl (C=O) groups excluding carboxylic acids is 8. The number of benzene rings is 7. The third-order valence-corrected chi connectivity index (χ3v) is 23.9. The second-order valence-electron chi connectivity index (χ2n) is 33.9. The van der Waals surface area contributed by atoms with Crippen LogP contribution >= 0.6 is 23.2 Å². The first-order valence-electron chi connectivity index (χ1n) is 41.9. The fourth-order valence-electron chi connectivity index (χ4n) is 16.3. The van der Waals surface area contributed by atoms with Gasteiger partial charge in [0.1, 0.15) is 120 Å². The predicted molar refractivity (Wildman–Crippen MR) is 461 cm³/mol. The van der Waals surface area contributed by atoms with Gasteiger partial charge in [0, 0.05) is 78.8 Å². The first-order chi connectivity index (χ1) is 62.8. The van der Waals surface area contributed by atoms with Crippen molar-refractivity contribution >= 4 is 81.8 Å². The Morgan fingerprint density at radius 1 is 0.669 bits per heavy atom. The van der Waals surface area contributed by atoms with Gasteiger partial charge in [0.25, 0.3) is 5.91 Å². The number of anilines is 2. The maximum Gasteiger partial charge on any atom is 0.416 e. The summed E-state index contributed by atoms with van der Waals surface area (Å²) in [5.74, 6) is -15.5. The Bertz CT molecular complexity index is 5550. The van der Waals surface area contributed by atoms with Gasteiger partial charge in [0.15, 0.2) is 30.3 Å². The quantitative estimate of drug-likeness (QED) is 0.0489. The van der Waals surface area contributed by atoms with Crippen molar-refractivity contribution in [1.82, 2.24) is 42.5 Å². The van der Waals surface area contributed by atoms with Crippen molar-refractivity contribution in [2.24, 2.45) is 17.4 Å². The smallest absolute Gasteiger partial charge is 0.416 e. The fraction of sp³-hybridized carbons (Fsp3) is 0.432. The average Bonchev–Trinajstić information content (AvgIpc) is 0.847. The summed E-state index contributed by atoms with van der Waals surface area (Å²) in [6.45, 7) is 4.96. The SMILES string of the molecule is CN[C@H](CC(C)C)C(=O)NC1C(=O)N[C@@H](CC(N)=O)C(=O)N[C@H]2C(=O)N[C@@H]3C(=O)N[C@H](C(=O)N[C@@H](O)c4cc(O)cc(O)c4-c4cc3ccc4O)[C@H](O[C@H]3C[C@](C)(N)[C@@H](O)[C@H](C)O3)c3ccc(c(Cl)c3)Oc3cc2cc(c3O[C@@H]2O[C@H](CO)[C@@H](O[C@@H]3O[C@H](CNCc4cccc(NC(=O)c5cc(N(C)C)cc(C(F)(F)F)c5)c4)[C@H](O)[C@H](O)[C@H]3O)[C@H](O)[C@H]2O)Oc2ccc(cc2Cl)[C@H]1O. The van der Waals surface area contributed by atoms with Crippen molar-refractivity contribution in [2.45, 2.75) is 200 Å². The summed E-state index contributed by atoms with van der Waals surface area (Å²) in [4.78, 5) is 121. The van der Waals surface area contributed by atoms with Gasteiger partial charge in [-0.25, -0.2) is 0 Å². The lowest BCUT2D eigenvalue weighted by Gasteiger charge is -2.46. The van der Waals surface area contributed by atoms with Gasteiger partial charge in [-0.3, -0.25) is 38.4 Å². The van der Waals surface area contributed by atoms with Crippen LogP contribution < -0.4 is 78.4 Å². The molecule has 23 atom stereocenters. The molecule has 40 nitrogen and oxygen atoms in total. The molecule has 0 spiro atoms. The summed E-state index contributed by atoms with van der Waals surface area (Å²) in [5.41, 5.74) is 7.72. The highest BCUT2D eigenvalue weighted by atomic mass is 35.5. The van der Waals surface area contributed by atoms with Gasteiger partial charge in [-0.2, -0.15) is 13.2 Å². The Kier molecular flexibility index (Phi) is 30.4. The number of fused-ring (bicyclic) bond motifs is 15. The summed E-state index contributed by atoms with van der Waals surface area (Å²) in [6.07, 6.45) is -37.0. The highest BCUT2D eigenvalue weighted by Crippen LogP contribution is 2.51. The number of phenols is 3. The molecular weight excluding hydrogens is 1800 g/mol. The van der Waals surface area contributed by atoms with Crippen LogP contribution in [0.3, 0.4) is 0 Å². The number of carbonyl (C=O) groups is 8. The number of nitrogens with zero attached hydrogens (tertiary/aromatic N) is 1. The fourth-order valence-corrected chi connectivity index (χ4v) is 16.7. The Hall–Kier alpha value is -11.4. The molecule has 8 aliphatic rings. The van der Waals surface area contributed by atoms with Gasteiger partial charge in [0.2, 0.25) is 53.4 Å². The number of ether oxygens (including phenoxy) is 8. The van der Waals surface area contributed by atoms with E-state index in [1.807, 2.05) is 0 Å². The van der Waals surface area contributed by atoms with Gasteiger partial charge in [-0.05, 0) is 146 Å². The molecule has 0 radical (unpaired) electrons. The zero-order chi connectivity index (χ0) is 96.6. The molecule has 0 aliphatic carbocycles. The van der Waals surface area contributed by atoms with E-state index in [0.29, 0.717) is 11.6 Å². The van der Waals surface area contributed by atoms with E-state index in [-0.39, 0.29) is 65.5 Å². The Labute approximate surface area is 766 Å². The average molecular weight is 1900 g/mol. The summed E-state index contributed by atoms with van der Waals surface area (Å²) in [5, 5.41) is 163. The van der Waals surface area contributed by atoms with E-state index in [4.69, 9.17) is 72.6 Å². The van der Waals surface area contributed by atoms with Gasteiger partial charge in [0.05, 0.1) is 46.9 Å². The molecule has 0 saturated carbocycles. The second kappa shape index (κ2) is 40.8. The molecule has 8 aliphatic heterocycles. The molecule has 11 bridgehead atoms. The molecule has 8 amide bonds. The molecule has 8 heterocycles. The highest BCUT2D eigenvalue weighted by Gasteiger charge is 2.53. The monoisotopic (exact) mass is 1900 g/mol. The Balaban J connectivity index is 0.915. The first kappa shape index (κ1) is 99.1. The number of alkyl halides is 3. The molecule has 3 saturated heterocycles. The molecule has 0 aromatic heterocycles. The number of primary amides is 1. The number of likely N-dealkylation sites (N-methyl/N-ethyl adjacent to an activating group) is 1. The van der Waals surface area contributed by atoms with Gasteiger partial charge < -0.3 is 163 Å². The summed E-state index contributed by atoms with van der Waals surface area (Å²) < 4.78 is 92.9. The number of nitrogens with two attached hydrogens (primary N) is 2. The number of amides is 8. The van der Waals surface area contributed by atoms with Crippen LogP contribution in [0.2, 0.25) is 10.0 Å². The van der Waals surface area contributed by atoms with E-state index in [1.165, 1.54) is 76.3 Å². The number of aliphatic hydroxyl groups is 9. The zero-order valence-electron chi connectivity index (χ0n) is 72.0. The van der Waals surface area contributed by atoms with Crippen LogP contribution in [0.5, 0.6) is 46.0 Å². The lowest BCUT2D eigenvalue weighted by atomic mass is 9.86. The van der Waals surface area contributed by atoms with Crippen molar-refractivity contribution in [3.8, 4) is 57.1 Å². The molecule has 3 fully saturated rings. The van der Waals surface area contributed by atoms with Crippen molar-refractivity contribution in [1.29, 1.82) is 0 Å². The van der Waals surface area contributed by atoms with E-state index in [1.54, 1.807) is 19.9 Å². The number of hydrogen-bond donors (Lipinski definition) is 23. The van der Waals surface area contributed by atoms with E-state index in [2.05, 4.69) is 47.9 Å². The van der Waals surface area contributed by atoms with Crippen molar-refractivity contribution < 1.29 is 151 Å². The van der Waals surface area contributed by atoms with Crippen molar-refractivity contribution in [3.05, 3.63) is 176 Å². The number of nitrogens with one attached hydrogen (secondary N) is 9. The van der Waals surface area contributed by atoms with Crippen LogP contribution in [-0.2, 0) is 70.0 Å². The minimum absolute atomic E-state index is 0.0631. The summed E-state index contributed by atoms with van der Waals surface area (Å²) in [6, 6.07) is 10.6. The number of hydrogen-bond acceptors (Lipinski definition) is 32. The zero-order valence-corrected chi connectivity index (χ0v) is 73.5. The standard InChI is InChI=1S/C88H101Cl2F3N12O28/c1-34(2)17-50(96-5)79(120)102-65-67(111)38-12-15-54(48(89)22-38)127-56-24-40-25-57(74(56)132-86-72(116)70(114)75(59(33-106)130-86)133-85-71(115)69(113)68(112)58(129-85)32-97-31-36-9-8-10-43(18-36)98-77(118)41-19-42(88(91,92)93)26-44(20-41)105(6)7)128-55-16-13-39(23-49(55)90)73(131-61-30-87(4,95)76(117)35(3)126-61)66-84(125)104-78(119)47-27-45(107)28-53(109)62(47)46-21-37(11-14-52(46)108)63(81(122)103-66)101-82(123)64(40)100-80(121)51(29-60(94)110)99-83(65)124/h8-16,18-28,34-35,50-51,58-59,61,63-73,75-76,78,85-86,96-97,106-109,111-117,119H,17,29-33,95H2,1-7H3,(H2,94,110)(H,98,118)(H,99,124)(H,100,121)(H,101,123)(H,102,120)(H,103,122)(H,104,125)/t35-,50+,51-,58+,59+,61-,63-,64+,65?,66-,67+,68-,69-,70+,71+,72+,73+,75+,76-,78-,85-,86-,87-/m0/s1. The minimum atomic E-state index is -4.78. The molecule has 716 valence electrons. The van der Waals surface area contributed by atoms with Gasteiger partial charge in [-0.1, -0.05) is 67.4 Å². The maximum absolute atomic E-state index is 16.4. The molecular formula is C88H101Cl2F3N12O28. The van der Waals surface area contributed by atoms with E-state index < -0.39 is 290 Å². The Morgan fingerprint density at radius 3 is 1.95 bits per heavy atom. The highest BCUT2D eigenvalue weighted by molar-refractivity contribution is 6.32. The summed E-state index contributed by atoms with van der Waals surface area (Å²) in [7, 11) is 4.47. The molecule has 45 heteroatoms. The maximum atomic E-state index is 16.4. The second-order valence-corrected chi connectivity index (χ2v) is 34.7. The van der Waals surface area contributed by atoms with Crippen LogP contribution in [0.15, 0.2) is 121 Å². The van der Waals surface area contributed by atoms with Crippen LogP contribution in [-0.4, -0.2) is 252 Å². The van der Waals surface area contributed by atoms with Crippen molar-refractivity contribution in [3.63, 3.8) is 0 Å². The lowest BCUT2D eigenvalue weighted by molar-refractivity contribution is -0.350. The molecule has 7 aromatic rings. The van der Waals surface area contributed by atoms with E-state index in [9.17, 15) is 88.8 Å². The van der Waals surface area contributed by atoms with Crippen LogP contribution in [0, 0.1) is 5.92 Å². The normalized spacial score (nSPS) is 28.8. The molecule has 25 N–H and O–H groups in total. The van der Waals surface area contributed by atoms with Crippen molar-refractivity contribution in [2.75, 3.05) is 44.5 Å². The van der Waals surface area contributed by atoms with E-state index >= 15 is 24.0 Å². The number of halogens is 5. The molecule has 133 heavy (non-hydrogen) atoms. The molecule has 15 rings (SSSR count). The molecule has 7 aromatic carbocycles. The topological polar surface area (TPSA) is 617 Å². The minimum Gasteiger partial charge on any atom is -0.508 e. The number of aromatic hydroxyl groups is 3. The first-order valence-corrected chi connectivity index (χ1v) is 42.6. The molecule has 1 unspecified atom stereocenters. The number of rotatable bonds is 21. The lowest BCUT2D eigenvalue weighted by Crippen LogP contribution is -2.65. The van der Waals surface area contributed by atoms with E-state index in [0.717, 1.165) is 72.8 Å². The summed E-state index contributed by atoms with van der Waals surface area (Å²) >= 11 is 14.5. The van der Waals surface area contributed by atoms with Gasteiger partial charge in [-0.15, -0.1) is 0 Å². The Morgan fingerprint density at radius 2 is 1.31 bits per heavy atom.